The van der Waals surface area contributed by atoms with Crippen LogP contribution in [0, 0.1) is 0 Å². The molecule has 27 heavy (non-hydrogen) atoms. The van der Waals surface area contributed by atoms with E-state index in [2.05, 4.69) is 56.3 Å². The average Bonchev–Trinajstić information content (AvgIpc) is 3.34. The molecule has 1 atom stereocenters. The van der Waals surface area contributed by atoms with Gasteiger partial charge in [0.25, 0.3) is 0 Å². The Kier molecular flexibility index (Phi) is 4.47. The number of hydrogen-bond acceptors (Lipinski definition) is 4. The quantitative estimate of drug-likeness (QED) is 0.778. The number of aromatic nitrogens is 3. The van der Waals surface area contributed by atoms with Gasteiger partial charge in [0.15, 0.2) is 0 Å². The van der Waals surface area contributed by atoms with Gasteiger partial charge in [0, 0.05) is 50.3 Å². The van der Waals surface area contributed by atoms with Crippen LogP contribution in [-0.2, 0) is 19.4 Å². The maximum absolute atomic E-state index is 5.06. The largest absolute Gasteiger partial charge is 0.314 e. The van der Waals surface area contributed by atoms with Crippen LogP contribution < -0.4 is 5.32 Å². The minimum Gasteiger partial charge on any atom is -0.314 e. The molecule has 1 aromatic carbocycles. The summed E-state index contributed by atoms with van der Waals surface area (Å²) in [5.74, 6) is 0. The fourth-order valence-electron chi connectivity index (χ4n) is 4.45. The second-order valence-corrected chi connectivity index (χ2v) is 7.45. The highest BCUT2D eigenvalue weighted by Gasteiger charge is 2.28. The van der Waals surface area contributed by atoms with Gasteiger partial charge in [-0.3, -0.25) is 9.88 Å². The molecule has 3 heterocycles. The molecule has 1 N–H and O–H groups in total. The zero-order valence-corrected chi connectivity index (χ0v) is 15.5. The molecular weight excluding hydrogens is 334 g/mol. The van der Waals surface area contributed by atoms with E-state index >= 15 is 0 Å². The second kappa shape index (κ2) is 7.25. The second-order valence-electron chi connectivity index (χ2n) is 7.45. The van der Waals surface area contributed by atoms with Crippen molar-refractivity contribution in [2.45, 2.75) is 31.8 Å². The van der Waals surface area contributed by atoms with Crippen molar-refractivity contribution in [1.29, 1.82) is 0 Å². The Morgan fingerprint density at radius 2 is 2.00 bits per heavy atom. The van der Waals surface area contributed by atoms with E-state index in [4.69, 9.17) is 5.10 Å². The predicted molar refractivity (Wildman–Crippen MR) is 106 cm³/mol. The summed E-state index contributed by atoms with van der Waals surface area (Å²) in [6, 6.07) is 15.1. The van der Waals surface area contributed by atoms with Crippen LogP contribution in [0.4, 0.5) is 0 Å². The lowest BCUT2D eigenvalue weighted by atomic mass is 10.0. The van der Waals surface area contributed by atoms with Crippen LogP contribution >= 0.6 is 0 Å². The third kappa shape index (κ3) is 3.17. The lowest BCUT2D eigenvalue weighted by Gasteiger charge is -2.36. The van der Waals surface area contributed by atoms with Gasteiger partial charge < -0.3 is 5.32 Å². The number of nitrogens with zero attached hydrogens (tertiary/aromatic N) is 4. The van der Waals surface area contributed by atoms with Crippen molar-refractivity contribution < 1.29 is 0 Å². The number of hydrogen-bond donors (Lipinski definition) is 1. The molecule has 0 amide bonds. The van der Waals surface area contributed by atoms with Crippen LogP contribution in [0.2, 0.25) is 0 Å². The first-order chi connectivity index (χ1) is 13.4. The van der Waals surface area contributed by atoms with Gasteiger partial charge in [0.2, 0.25) is 0 Å². The van der Waals surface area contributed by atoms with E-state index in [1.165, 1.54) is 34.6 Å². The smallest absolute Gasteiger partial charge is 0.0804 e. The number of pyridine rings is 1. The van der Waals surface area contributed by atoms with Crippen LogP contribution in [0.25, 0.3) is 5.69 Å². The number of fused-ring (bicyclic) bond motifs is 1. The lowest BCUT2D eigenvalue weighted by Crippen LogP contribution is -2.45. The molecule has 1 aliphatic heterocycles. The Balaban J connectivity index is 1.47. The zero-order valence-electron chi connectivity index (χ0n) is 15.5. The fraction of sp³-hybridized carbons (Fsp3) is 0.364. The highest BCUT2D eigenvalue weighted by molar-refractivity contribution is 5.40. The molecular formula is C22H25N5. The van der Waals surface area contributed by atoms with Crippen molar-refractivity contribution in [3.05, 3.63) is 77.4 Å². The molecule has 1 fully saturated rings. The Hall–Kier alpha value is -2.50. The van der Waals surface area contributed by atoms with Crippen molar-refractivity contribution in [1.82, 2.24) is 25.0 Å². The Morgan fingerprint density at radius 1 is 1.07 bits per heavy atom. The number of benzene rings is 1. The Labute approximate surface area is 160 Å². The van der Waals surface area contributed by atoms with Gasteiger partial charge in [-0.05, 0) is 48.6 Å². The van der Waals surface area contributed by atoms with Crippen LogP contribution in [0.5, 0.6) is 0 Å². The van der Waals surface area contributed by atoms with Gasteiger partial charge in [0.05, 0.1) is 11.4 Å². The van der Waals surface area contributed by atoms with Crippen molar-refractivity contribution in [3.63, 3.8) is 0 Å². The van der Waals surface area contributed by atoms with Crippen LogP contribution in [0.15, 0.2) is 54.9 Å². The van der Waals surface area contributed by atoms with Crippen molar-refractivity contribution in [2.75, 3.05) is 19.6 Å². The van der Waals surface area contributed by atoms with E-state index in [0.717, 1.165) is 39.0 Å². The molecule has 0 radical (unpaired) electrons. The minimum atomic E-state index is 0.353. The summed E-state index contributed by atoms with van der Waals surface area (Å²) >= 11 is 0. The third-order valence-electron chi connectivity index (χ3n) is 5.79. The molecule has 1 unspecified atom stereocenters. The first-order valence-electron chi connectivity index (χ1n) is 9.90. The summed E-state index contributed by atoms with van der Waals surface area (Å²) in [6.07, 6.45) is 7.36. The summed E-state index contributed by atoms with van der Waals surface area (Å²) in [6.45, 7) is 3.93. The molecule has 0 saturated carbocycles. The lowest BCUT2D eigenvalue weighted by molar-refractivity contribution is 0.151. The minimum absolute atomic E-state index is 0.353. The van der Waals surface area contributed by atoms with Crippen LogP contribution in [0.3, 0.4) is 0 Å². The summed E-state index contributed by atoms with van der Waals surface area (Å²) < 4.78 is 2.18. The van der Waals surface area contributed by atoms with E-state index in [1.807, 2.05) is 18.5 Å². The van der Waals surface area contributed by atoms with Crippen molar-refractivity contribution in [2.24, 2.45) is 0 Å². The fourth-order valence-corrected chi connectivity index (χ4v) is 4.45. The SMILES string of the molecule is c1ccc(-n2nc(CN3CCNCC3c3cccnc3)c3c2CCC3)cc1. The zero-order chi connectivity index (χ0) is 18.1. The standard InChI is InChI=1S/C22H25N5/c1-2-7-18(8-3-1)27-21-10-4-9-19(21)20(25-27)16-26-13-12-24-15-22(26)17-6-5-11-23-14-17/h1-3,5-8,11,14,22,24H,4,9-10,12-13,15-16H2. The highest BCUT2D eigenvalue weighted by atomic mass is 15.3. The van der Waals surface area contributed by atoms with Gasteiger partial charge in [-0.2, -0.15) is 5.10 Å². The molecule has 138 valence electrons. The molecule has 5 rings (SSSR count). The highest BCUT2D eigenvalue weighted by Crippen LogP contribution is 2.30. The van der Waals surface area contributed by atoms with E-state index in [-0.39, 0.29) is 0 Å². The van der Waals surface area contributed by atoms with Crippen molar-refractivity contribution in [3.8, 4) is 5.69 Å². The Bertz CT molecular complexity index is 903. The number of nitrogens with one attached hydrogen (secondary N) is 1. The molecule has 1 saturated heterocycles. The van der Waals surface area contributed by atoms with Gasteiger partial charge >= 0.3 is 0 Å². The van der Waals surface area contributed by atoms with Crippen LogP contribution in [0.1, 0.15) is 35.0 Å². The normalized spacial score (nSPS) is 19.9. The van der Waals surface area contributed by atoms with E-state index in [0.29, 0.717) is 6.04 Å². The first kappa shape index (κ1) is 16.7. The third-order valence-corrected chi connectivity index (χ3v) is 5.79. The average molecular weight is 359 g/mol. The molecule has 0 spiro atoms. The summed E-state index contributed by atoms with van der Waals surface area (Å²) in [7, 11) is 0. The molecule has 5 heteroatoms. The van der Waals surface area contributed by atoms with E-state index in [9.17, 15) is 0 Å². The van der Waals surface area contributed by atoms with E-state index < -0.39 is 0 Å². The molecule has 1 aliphatic carbocycles. The summed E-state index contributed by atoms with van der Waals surface area (Å²) in [4.78, 5) is 6.89. The van der Waals surface area contributed by atoms with Gasteiger partial charge in [-0.25, -0.2) is 4.68 Å². The molecule has 3 aromatic rings. The van der Waals surface area contributed by atoms with Gasteiger partial charge in [0.1, 0.15) is 0 Å². The maximum atomic E-state index is 5.06. The van der Waals surface area contributed by atoms with Crippen LogP contribution in [-0.4, -0.2) is 39.3 Å². The topological polar surface area (TPSA) is 46.0 Å². The van der Waals surface area contributed by atoms with Crippen molar-refractivity contribution >= 4 is 0 Å². The summed E-state index contributed by atoms with van der Waals surface area (Å²) in [5, 5.41) is 8.60. The Morgan fingerprint density at radius 3 is 2.85 bits per heavy atom. The molecule has 2 aliphatic rings. The molecule has 0 bridgehead atoms. The molecule has 2 aromatic heterocycles. The maximum Gasteiger partial charge on any atom is 0.0804 e. The van der Waals surface area contributed by atoms with Gasteiger partial charge in [-0.15, -0.1) is 0 Å². The number of rotatable bonds is 4. The predicted octanol–water partition coefficient (Wildman–Crippen LogP) is 2.90. The number of piperazine rings is 1. The van der Waals surface area contributed by atoms with Gasteiger partial charge in [-0.1, -0.05) is 24.3 Å². The summed E-state index contributed by atoms with van der Waals surface area (Å²) in [5.41, 5.74) is 6.59. The molecule has 5 nitrogen and oxygen atoms in total. The number of para-hydroxylation sites is 1. The first-order valence-corrected chi connectivity index (χ1v) is 9.90. The monoisotopic (exact) mass is 359 g/mol. The van der Waals surface area contributed by atoms with E-state index in [1.54, 1.807) is 0 Å².